The fourth-order valence-corrected chi connectivity index (χ4v) is 2.30. The summed E-state index contributed by atoms with van der Waals surface area (Å²) in [5.41, 5.74) is 13.4. The zero-order valence-corrected chi connectivity index (χ0v) is 14.3. The van der Waals surface area contributed by atoms with Crippen molar-refractivity contribution in [3.63, 3.8) is 0 Å². The van der Waals surface area contributed by atoms with Gasteiger partial charge in [-0.2, -0.15) is 0 Å². The third kappa shape index (κ3) is 4.13. The largest absolute Gasteiger partial charge is 0.393 e. The number of nitrogens with zero attached hydrogens (tertiary/aromatic N) is 3. The zero-order valence-electron chi connectivity index (χ0n) is 14.3. The summed E-state index contributed by atoms with van der Waals surface area (Å²) in [7, 11) is 1.93. The monoisotopic (exact) mass is 328 g/mol. The molecule has 24 heavy (non-hydrogen) atoms. The molecule has 7 nitrogen and oxygen atoms in total. The summed E-state index contributed by atoms with van der Waals surface area (Å²) in [6, 6.07) is 7.36. The standard InChI is InChI=1S/C17H24N6O/c1-4-5-10-23(3)16-14(18)15(19-11-20-16)21-22-17(24)13-9-7-6-8-12(13)2/h6-9,11H,4-5,10,18H2,1-3H3,(H,22,24)(H,19,20,21). The number of aromatic nitrogens is 2. The Bertz CT molecular complexity index is 703. The number of carbonyl (C=O) groups excluding carboxylic acids is 1. The highest BCUT2D eigenvalue weighted by Gasteiger charge is 2.13. The van der Waals surface area contributed by atoms with E-state index in [1.165, 1.54) is 6.33 Å². The number of hydrogen-bond donors (Lipinski definition) is 3. The van der Waals surface area contributed by atoms with E-state index >= 15 is 0 Å². The van der Waals surface area contributed by atoms with Gasteiger partial charge in [-0.25, -0.2) is 9.97 Å². The second-order valence-electron chi connectivity index (χ2n) is 5.63. The van der Waals surface area contributed by atoms with Crippen LogP contribution < -0.4 is 21.5 Å². The quantitative estimate of drug-likeness (QED) is 0.675. The van der Waals surface area contributed by atoms with E-state index in [0.717, 1.165) is 24.9 Å². The van der Waals surface area contributed by atoms with Crippen LogP contribution in [0.15, 0.2) is 30.6 Å². The Hall–Kier alpha value is -2.83. The van der Waals surface area contributed by atoms with Crippen molar-refractivity contribution in [2.75, 3.05) is 29.7 Å². The van der Waals surface area contributed by atoms with E-state index in [0.29, 0.717) is 22.9 Å². The Kier molecular flexibility index (Phi) is 5.95. The highest BCUT2D eigenvalue weighted by molar-refractivity contribution is 5.96. The fourth-order valence-electron chi connectivity index (χ4n) is 2.30. The van der Waals surface area contributed by atoms with Crippen LogP contribution in [0.1, 0.15) is 35.7 Å². The summed E-state index contributed by atoms with van der Waals surface area (Å²) in [6.45, 7) is 4.87. The third-order valence-corrected chi connectivity index (χ3v) is 3.76. The molecule has 1 heterocycles. The first-order chi connectivity index (χ1) is 11.5. The minimum atomic E-state index is -0.244. The molecule has 0 saturated heterocycles. The number of unbranched alkanes of at least 4 members (excludes halogenated alkanes) is 1. The van der Waals surface area contributed by atoms with Crippen LogP contribution in [0.5, 0.6) is 0 Å². The topological polar surface area (TPSA) is 96.2 Å². The second kappa shape index (κ2) is 8.14. The Morgan fingerprint density at radius 2 is 2.04 bits per heavy atom. The molecule has 0 saturated carbocycles. The molecule has 0 aliphatic rings. The Balaban J connectivity index is 2.08. The fraction of sp³-hybridized carbons (Fsp3) is 0.353. The van der Waals surface area contributed by atoms with E-state index in [2.05, 4.69) is 27.7 Å². The first-order valence-electron chi connectivity index (χ1n) is 7.98. The number of benzene rings is 1. The van der Waals surface area contributed by atoms with Crippen LogP contribution in [0.25, 0.3) is 0 Å². The van der Waals surface area contributed by atoms with Gasteiger partial charge in [-0.1, -0.05) is 31.5 Å². The van der Waals surface area contributed by atoms with Gasteiger partial charge in [0, 0.05) is 19.2 Å². The van der Waals surface area contributed by atoms with Gasteiger partial charge >= 0.3 is 0 Å². The molecule has 0 radical (unpaired) electrons. The number of anilines is 3. The molecule has 0 fully saturated rings. The number of carbonyl (C=O) groups is 1. The van der Waals surface area contributed by atoms with Crippen LogP contribution in [-0.4, -0.2) is 29.5 Å². The molecule has 7 heteroatoms. The summed E-state index contributed by atoms with van der Waals surface area (Å²) < 4.78 is 0. The molecule has 0 atom stereocenters. The molecule has 128 valence electrons. The van der Waals surface area contributed by atoms with Crippen LogP contribution >= 0.6 is 0 Å². The molecule has 0 bridgehead atoms. The van der Waals surface area contributed by atoms with Crippen LogP contribution in [0.3, 0.4) is 0 Å². The molecule has 1 aromatic heterocycles. The van der Waals surface area contributed by atoms with Gasteiger partial charge in [-0.3, -0.25) is 15.6 Å². The lowest BCUT2D eigenvalue weighted by atomic mass is 10.1. The molecular formula is C17H24N6O. The minimum Gasteiger partial charge on any atom is -0.393 e. The summed E-state index contributed by atoms with van der Waals surface area (Å²) in [5.74, 6) is 0.781. The van der Waals surface area contributed by atoms with E-state index in [4.69, 9.17) is 5.73 Å². The maximum absolute atomic E-state index is 12.2. The predicted molar refractivity (Wildman–Crippen MR) is 96.9 cm³/mol. The van der Waals surface area contributed by atoms with Crippen LogP contribution in [0.4, 0.5) is 17.3 Å². The molecule has 0 aliphatic carbocycles. The molecule has 0 unspecified atom stereocenters. The van der Waals surface area contributed by atoms with Crippen molar-refractivity contribution in [1.29, 1.82) is 0 Å². The lowest BCUT2D eigenvalue weighted by Gasteiger charge is -2.20. The van der Waals surface area contributed by atoms with Gasteiger partial charge < -0.3 is 10.6 Å². The smallest absolute Gasteiger partial charge is 0.269 e. The first-order valence-corrected chi connectivity index (χ1v) is 7.98. The number of amides is 1. The highest BCUT2D eigenvalue weighted by Crippen LogP contribution is 2.24. The highest BCUT2D eigenvalue weighted by atomic mass is 16.2. The van der Waals surface area contributed by atoms with Gasteiger partial charge in [-0.05, 0) is 25.0 Å². The van der Waals surface area contributed by atoms with Crippen molar-refractivity contribution in [3.05, 3.63) is 41.7 Å². The average Bonchev–Trinajstić information content (AvgIpc) is 2.59. The van der Waals surface area contributed by atoms with Crippen LogP contribution in [-0.2, 0) is 0 Å². The van der Waals surface area contributed by atoms with Crippen LogP contribution in [0.2, 0.25) is 0 Å². The molecule has 1 amide bonds. The summed E-state index contributed by atoms with van der Waals surface area (Å²) in [4.78, 5) is 22.6. The normalized spacial score (nSPS) is 10.3. The lowest BCUT2D eigenvalue weighted by molar-refractivity contribution is 0.0962. The molecule has 2 rings (SSSR count). The minimum absolute atomic E-state index is 0.244. The number of nitrogens with one attached hydrogen (secondary N) is 2. The summed E-state index contributed by atoms with van der Waals surface area (Å²) in [6.07, 6.45) is 3.57. The Morgan fingerprint density at radius 3 is 2.75 bits per heavy atom. The maximum atomic E-state index is 12.2. The molecule has 4 N–H and O–H groups in total. The number of hydrogen-bond acceptors (Lipinski definition) is 6. The molecule has 1 aromatic carbocycles. The van der Waals surface area contributed by atoms with E-state index < -0.39 is 0 Å². The van der Waals surface area contributed by atoms with Gasteiger partial charge in [0.1, 0.15) is 12.0 Å². The number of nitrogen functional groups attached to an aromatic ring is 1. The predicted octanol–water partition coefficient (Wildman–Crippen LogP) is 2.36. The van der Waals surface area contributed by atoms with Crippen molar-refractivity contribution < 1.29 is 4.79 Å². The van der Waals surface area contributed by atoms with Crippen molar-refractivity contribution in [1.82, 2.24) is 15.4 Å². The Morgan fingerprint density at radius 1 is 1.29 bits per heavy atom. The van der Waals surface area contributed by atoms with Crippen molar-refractivity contribution in [3.8, 4) is 0 Å². The van der Waals surface area contributed by atoms with Crippen molar-refractivity contribution >= 4 is 23.2 Å². The lowest BCUT2D eigenvalue weighted by Crippen LogP contribution is -2.31. The number of hydrazine groups is 1. The van der Waals surface area contributed by atoms with Crippen molar-refractivity contribution in [2.24, 2.45) is 0 Å². The number of nitrogens with two attached hydrogens (primary N) is 1. The van der Waals surface area contributed by atoms with Gasteiger partial charge in [0.15, 0.2) is 11.6 Å². The van der Waals surface area contributed by atoms with E-state index in [1.807, 2.05) is 37.1 Å². The molecule has 0 aliphatic heterocycles. The molecule has 2 aromatic rings. The summed E-state index contributed by atoms with van der Waals surface area (Å²) >= 11 is 0. The third-order valence-electron chi connectivity index (χ3n) is 3.76. The first kappa shape index (κ1) is 17.5. The van der Waals surface area contributed by atoms with Crippen molar-refractivity contribution in [2.45, 2.75) is 26.7 Å². The number of aryl methyl sites for hydroxylation is 1. The zero-order chi connectivity index (χ0) is 17.5. The maximum Gasteiger partial charge on any atom is 0.269 e. The van der Waals surface area contributed by atoms with Gasteiger partial charge in [0.2, 0.25) is 0 Å². The Labute approximate surface area is 142 Å². The summed E-state index contributed by atoms with van der Waals surface area (Å²) in [5, 5.41) is 0. The molecular weight excluding hydrogens is 304 g/mol. The van der Waals surface area contributed by atoms with Gasteiger partial charge in [0.25, 0.3) is 5.91 Å². The van der Waals surface area contributed by atoms with E-state index in [9.17, 15) is 4.79 Å². The van der Waals surface area contributed by atoms with Crippen LogP contribution in [0, 0.1) is 6.92 Å². The molecule has 0 spiro atoms. The SMILES string of the molecule is CCCCN(C)c1ncnc(NNC(=O)c2ccccc2C)c1N. The van der Waals surface area contributed by atoms with Gasteiger partial charge in [0.05, 0.1) is 0 Å². The number of rotatable bonds is 7. The average molecular weight is 328 g/mol. The van der Waals surface area contributed by atoms with E-state index in [1.54, 1.807) is 6.07 Å². The van der Waals surface area contributed by atoms with Gasteiger partial charge in [-0.15, -0.1) is 0 Å². The van der Waals surface area contributed by atoms with E-state index in [-0.39, 0.29) is 5.91 Å². The second-order valence-corrected chi connectivity index (χ2v) is 5.63.